The Balaban J connectivity index is 3.28. The molecule has 0 amide bonds. The van der Waals surface area contributed by atoms with Crippen LogP contribution in [-0.4, -0.2) is 22.3 Å². The highest BCUT2D eigenvalue weighted by Gasteiger charge is 2.19. The van der Waals surface area contributed by atoms with Gasteiger partial charge in [0, 0.05) is 11.5 Å². The molecule has 0 aliphatic rings. The third-order valence-electron chi connectivity index (χ3n) is 1.32. The van der Waals surface area contributed by atoms with Gasteiger partial charge >= 0.3 is 7.12 Å². The van der Waals surface area contributed by atoms with Gasteiger partial charge in [0.2, 0.25) is 0 Å². The highest BCUT2D eigenvalue weighted by atomic mass is 35.5. The van der Waals surface area contributed by atoms with Crippen LogP contribution in [0.15, 0.2) is 12.1 Å². The average molecular weight is 190 g/mol. The van der Waals surface area contributed by atoms with Crippen molar-refractivity contribution in [2.75, 3.05) is 0 Å². The molecular weight excluding hydrogens is 185 g/mol. The molecule has 3 nitrogen and oxygen atoms in total. The Morgan fingerprint density at radius 3 is 2.42 bits per heavy atom. The normalized spacial score (nSPS) is 10.0. The molecule has 0 aliphatic carbocycles. The van der Waals surface area contributed by atoms with Crippen molar-refractivity contribution >= 4 is 24.2 Å². The number of rotatable bonds is 1. The highest BCUT2D eigenvalue weighted by molar-refractivity contribution is 6.59. The molecule has 0 unspecified atom stereocenters. The van der Waals surface area contributed by atoms with Crippen molar-refractivity contribution < 1.29 is 19.5 Å². The summed E-state index contributed by atoms with van der Waals surface area (Å²) >= 11 is 5.31. The summed E-state index contributed by atoms with van der Waals surface area (Å²) in [5.41, 5.74) is -0.444. The Labute approximate surface area is 73.2 Å². The summed E-state index contributed by atoms with van der Waals surface area (Å²) in [5.74, 6) is -1.26. The molecule has 0 heterocycles. The zero-order chi connectivity index (χ0) is 9.30. The van der Waals surface area contributed by atoms with Crippen LogP contribution >= 0.6 is 11.6 Å². The molecule has 0 saturated carbocycles. The minimum absolute atomic E-state index is 0.315. The molecule has 6 heteroatoms. The zero-order valence-electron chi connectivity index (χ0n) is 5.83. The van der Waals surface area contributed by atoms with E-state index in [0.717, 1.165) is 12.1 Å². The molecule has 0 spiro atoms. The fourth-order valence-electron chi connectivity index (χ4n) is 0.783. The van der Waals surface area contributed by atoms with Gasteiger partial charge in [-0.1, -0.05) is 11.6 Å². The van der Waals surface area contributed by atoms with Gasteiger partial charge in [-0.05, 0) is 6.07 Å². The Morgan fingerprint density at radius 2 is 1.92 bits per heavy atom. The fraction of sp³-hybridized carbons (Fsp3) is 0. The smallest absolute Gasteiger partial charge is 0.491 e. The number of hydrogen-bond donors (Lipinski definition) is 3. The number of hydrogen-bond acceptors (Lipinski definition) is 3. The van der Waals surface area contributed by atoms with E-state index >= 15 is 0 Å². The van der Waals surface area contributed by atoms with Gasteiger partial charge in [-0.2, -0.15) is 0 Å². The van der Waals surface area contributed by atoms with Crippen LogP contribution in [-0.2, 0) is 0 Å². The number of benzene rings is 1. The van der Waals surface area contributed by atoms with Crippen LogP contribution in [0.5, 0.6) is 5.75 Å². The summed E-state index contributed by atoms with van der Waals surface area (Å²) in [6.07, 6.45) is 0. The Kier molecular flexibility index (Phi) is 2.57. The van der Waals surface area contributed by atoms with Crippen molar-refractivity contribution in [3.05, 3.63) is 23.0 Å². The van der Waals surface area contributed by atoms with Gasteiger partial charge in [-0.25, -0.2) is 4.39 Å². The number of phenols is 1. The summed E-state index contributed by atoms with van der Waals surface area (Å²) in [5, 5.41) is 25.7. The first-order chi connectivity index (χ1) is 5.52. The largest absolute Gasteiger partial charge is 0.508 e. The topological polar surface area (TPSA) is 60.7 Å². The highest BCUT2D eigenvalue weighted by Crippen LogP contribution is 2.18. The van der Waals surface area contributed by atoms with Gasteiger partial charge in [0.1, 0.15) is 11.6 Å². The summed E-state index contributed by atoms with van der Waals surface area (Å²) in [7, 11) is -1.98. The molecule has 1 aromatic rings. The lowest BCUT2D eigenvalue weighted by Crippen LogP contribution is -2.32. The van der Waals surface area contributed by atoms with Crippen molar-refractivity contribution in [3.8, 4) is 5.75 Å². The summed E-state index contributed by atoms with van der Waals surface area (Å²) in [4.78, 5) is 0. The molecule has 0 atom stereocenters. The van der Waals surface area contributed by atoms with E-state index < -0.39 is 18.4 Å². The number of phenolic OH excluding ortho intramolecular Hbond substituents is 1. The monoisotopic (exact) mass is 190 g/mol. The molecule has 1 aromatic carbocycles. The molecule has 3 N–H and O–H groups in total. The van der Waals surface area contributed by atoms with Gasteiger partial charge in [-0.3, -0.25) is 0 Å². The quantitative estimate of drug-likeness (QED) is 0.540. The molecule has 0 radical (unpaired) electrons. The second-order valence-corrected chi connectivity index (χ2v) is 2.61. The maximum atomic E-state index is 12.9. The molecule has 12 heavy (non-hydrogen) atoms. The molecule has 0 saturated heterocycles. The Bertz CT molecular complexity index is 305. The lowest BCUT2D eigenvalue weighted by atomic mass is 9.80. The van der Waals surface area contributed by atoms with Crippen molar-refractivity contribution in [2.45, 2.75) is 0 Å². The van der Waals surface area contributed by atoms with Crippen LogP contribution in [0.2, 0.25) is 5.02 Å². The van der Waals surface area contributed by atoms with E-state index in [0.29, 0.717) is 0 Å². The Hall–Kier alpha value is -0.775. The molecule has 64 valence electrons. The van der Waals surface area contributed by atoms with Crippen LogP contribution in [0.25, 0.3) is 0 Å². The average Bonchev–Trinajstić information content (AvgIpc) is 1.96. The third kappa shape index (κ3) is 1.69. The van der Waals surface area contributed by atoms with Crippen LogP contribution < -0.4 is 5.46 Å². The van der Waals surface area contributed by atoms with Gasteiger partial charge in [0.25, 0.3) is 0 Å². The molecule has 0 bridgehead atoms. The standard InChI is InChI=1S/C6H5BClFO3/c8-5-2-3(10)1-4(6(5)9)7(11)12/h1-2,10-12H. The molecular formula is C6H5BClFO3. The lowest BCUT2D eigenvalue weighted by Gasteiger charge is -2.03. The van der Waals surface area contributed by atoms with Crippen LogP contribution in [0.4, 0.5) is 4.39 Å². The maximum Gasteiger partial charge on any atom is 0.491 e. The van der Waals surface area contributed by atoms with Crippen molar-refractivity contribution in [1.82, 2.24) is 0 Å². The molecule has 0 aromatic heterocycles. The van der Waals surface area contributed by atoms with Gasteiger partial charge in [-0.15, -0.1) is 0 Å². The minimum Gasteiger partial charge on any atom is -0.508 e. The third-order valence-corrected chi connectivity index (χ3v) is 1.59. The first-order valence-electron chi connectivity index (χ1n) is 3.06. The SMILES string of the molecule is OB(O)c1cc(O)cc(Cl)c1F. The molecule has 0 fully saturated rings. The van der Waals surface area contributed by atoms with Crippen LogP contribution in [0.1, 0.15) is 0 Å². The number of halogens is 2. The fourth-order valence-corrected chi connectivity index (χ4v) is 1.00. The second kappa shape index (κ2) is 3.31. The Morgan fingerprint density at radius 1 is 1.33 bits per heavy atom. The minimum atomic E-state index is -1.98. The van der Waals surface area contributed by atoms with Gasteiger partial charge in [0.15, 0.2) is 0 Å². The van der Waals surface area contributed by atoms with E-state index in [2.05, 4.69) is 0 Å². The van der Waals surface area contributed by atoms with E-state index in [-0.39, 0.29) is 10.8 Å². The van der Waals surface area contributed by atoms with E-state index in [9.17, 15) is 4.39 Å². The maximum absolute atomic E-state index is 12.9. The van der Waals surface area contributed by atoms with Crippen molar-refractivity contribution in [2.24, 2.45) is 0 Å². The van der Waals surface area contributed by atoms with E-state index in [4.69, 9.17) is 26.8 Å². The summed E-state index contributed by atoms with van der Waals surface area (Å²) in [6.45, 7) is 0. The zero-order valence-corrected chi connectivity index (χ0v) is 6.59. The van der Waals surface area contributed by atoms with Crippen molar-refractivity contribution in [1.29, 1.82) is 0 Å². The summed E-state index contributed by atoms with van der Waals surface area (Å²) in [6, 6.07) is 1.87. The predicted octanol–water partition coefficient (Wildman–Crippen LogP) is -0.136. The van der Waals surface area contributed by atoms with Crippen molar-refractivity contribution in [3.63, 3.8) is 0 Å². The summed E-state index contributed by atoms with van der Waals surface area (Å²) < 4.78 is 12.9. The van der Waals surface area contributed by atoms with Gasteiger partial charge in [0.05, 0.1) is 5.02 Å². The van der Waals surface area contributed by atoms with E-state index in [1.54, 1.807) is 0 Å². The van der Waals surface area contributed by atoms with Gasteiger partial charge < -0.3 is 15.2 Å². The molecule has 0 aliphatic heterocycles. The molecule has 1 rings (SSSR count). The first-order valence-corrected chi connectivity index (χ1v) is 3.44. The predicted molar refractivity (Wildman–Crippen MR) is 42.9 cm³/mol. The first kappa shape index (κ1) is 9.31. The number of aromatic hydroxyl groups is 1. The van der Waals surface area contributed by atoms with E-state index in [1.807, 2.05) is 0 Å². The van der Waals surface area contributed by atoms with E-state index in [1.165, 1.54) is 0 Å². The van der Waals surface area contributed by atoms with Crippen LogP contribution in [0, 0.1) is 5.82 Å². The second-order valence-electron chi connectivity index (χ2n) is 2.20. The lowest BCUT2D eigenvalue weighted by molar-refractivity contribution is 0.421. The van der Waals surface area contributed by atoms with Crippen LogP contribution in [0.3, 0.4) is 0 Å².